The molecule has 0 aliphatic heterocycles. The lowest BCUT2D eigenvalue weighted by Gasteiger charge is -2.10. The number of carbonyl (C=O) groups excluding carboxylic acids is 1. The van der Waals surface area contributed by atoms with Crippen LogP contribution in [0.2, 0.25) is 0 Å². The van der Waals surface area contributed by atoms with Gasteiger partial charge in [0.15, 0.2) is 0 Å². The molecule has 0 saturated heterocycles. The normalized spacial score (nSPS) is 10.5. The molecular formula is C20H16FOS+. The molecule has 0 aliphatic carbocycles. The van der Waals surface area contributed by atoms with E-state index < -0.39 is 0 Å². The van der Waals surface area contributed by atoms with E-state index in [1.54, 1.807) is 30.8 Å². The van der Waals surface area contributed by atoms with E-state index >= 15 is 0 Å². The van der Waals surface area contributed by atoms with Crippen molar-refractivity contribution in [2.45, 2.75) is 16.7 Å². The first kappa shape index (κ1) is 15.5. The first-order chi connectivity index (χ1) is 11.1. The Balaban J connectivity index is 1.99. The predicted octanol–water partition coefficient (Wildman–Crippen LogP) is 5.56. The minimum Gasteiger partial charge on any atom is -0.278 e. The molecule has 0 saturated carbocycles. The number of rotatable bonds is 4. The number of hydrogen-bond donors (Lipinski definition) is 0. The number of halogens is 1. The molecule has 114 valence electrons. The molecule has 3 rings (SSSR count). The molecule has 0 amide bonds. The zero-order chi connectivity index (χ0) is 16.2. The van der Waals surface area contributed by atoms with Gasteiger partial charge >= 0.3 is 5.78 Å². The second-order valence-electron chi connectivity index (χ2n) is 5.22. The monoisotopic (exact) mass is 323 g/mol. The number of ketones is 1. The van der Waals surface area contributed by atoms with Crippen LogP contribution in [0.4, 0.5) is 4.39 Å². The molecule has 0 unspecified atom stereocenters. The van der Waals surface area contributed by atoms with Crippen LogP contribution in [-0.2, 0) is 0 Å². The fraction of sp³-hybridized carbons (Fsp3) is 0.0500. The molecule has 23 heavy (non-hydrogen) atoms. The lowest BCUT2D eigenvalue weighted by atomic mass is 10.0. The zero-order valence-corrected chi connectivity index (χ0v) is 13.5. The van der Waals surface area contributed by atoms with E-state index in [9.17, 15) is 9.18 Å². The third-order valence-corrected chi connectivity index (χ3v) is 4.60. The summed E-state index contributed by atoms with van der Waals surface area (Å²) >= 11 is 1.60. The van der Waals surface area contributed by atoms with Crippen LogP contribution in [0.3, 0.4) is 0 Å². The summed E-state index contributed by atoms with van der Waals surface area (Å²) in [6, 6.07) is 22.4. The molecule has 1 nitrogen and oxygen atoms in total. The van der Waals surface area contributed by atoms with Crippen molar-refractivity contribution >= 4 is 17.5 Å². The van der Waals surface area contributed by atoms with Crippen molar-refractivity contribution in [2.75, 3.05) is 0 Å². The van der Waals surface area contributed by atoms with E-state index in [0.29, 0.717) is 5.78 Å². The molecule has 3 aromatic carbocycles. The molecule has 0 aliphatic rings. The lowest BCUT2D eigenvalue weighted by molar-refractivity contribution is 0.626. The molecule has 3 aromatic rings. The average molecular weight is 323 g/mol. The van der Waals surface area contributed by atoms with E-state index in [4.69, 9.17) is 0 Å². The summed E-state index contributed by atoms with van der Waals surface area (Å²) in [6.07, 6.45) is 0. The molecule has 3 heteroatoms. The van der Waals surface area contributed by atoms with Crippen LogP contribution in [0.25, 0.3) is 11.1 Å². The van der Waals surface area contributed by atoms with Crippen molar-refractivity contribution < 1.29 is 9.18 Å². The molecule has 0 atom stereocenters. The van der Waals surface area contributed by atoms with Crippen molar-refractivity contribution in [2.24, 2.45) is 0 Å². The highest BCUT2D eigenvalue weighted by Crippen LogP contribution is 2.36. The van der Waals surface area contributed by atoms with Crippen LogP contribution in [-0.4, -0.2) is 10.6 Å². The third kappa shape index (κ3) is 3.69. The summed E-state index contributed by atoms with van der Waals surface area (Å²) in [4.78, 5) is 11.8. The van der Waals surface area contributed by atoms with E-state index in [-0.39, 0.29) is 5.82 Å². The summed E-state index contributed by atoms with van der Waals surface area (Å²) < 4.78 is 13.1. The van der Waals surface area contributed by atoms with Gasteiger partial charge in [0.25, 0.3) is 0 Å². The third-order valence-electron chi connectivity index (χ3n) is 3.52. The summed E-state index contributed by atoms with van der Waals surface area (Å²) in [5.74, 6) is 0.0693. The predicted molar refractivity (Wildman–Crippen MR) is 94.1 cm³/mol. The van der Waals surface area contributed by atoms with Crippen molar-refractivity contribution in [3.63, 3.8) is 0 Å². The van der Waals surface area contributed by atoms with Crippen LogP contribution in [0, 0.1) is 5.82 Å². The van der Waals surface area contributed by atoms with Crippen molar-refractivity contribution in [3.8, 4) is 11.1 Å². The van der Waals surface area contributed by atoms with Gasteiger partial charge in [-0.3, -0.25) is 4.79 Å². The van der Waals surface area contributed by atoms with Crippen LogP contribution >= 0.6 is 11.8 Å². The molecular weight excluding hydrogens is 307 g/mol. The highest BCUT2D eigenvalue weighted by Gasteiger charge is 2.10. The van der Waals surface area contributed by atoms with E-state index in [1.807, 2.05) is 42.5 Å². The Morgan fingerprint density at radius 2 is 1.65 bits per heavy atom. The van der Waals surface area contributed by atoms with E-state index in [2.05, 4.69) is 6.07 Å². The van der Waals surface area contributed by atoms with Gasteiger partial charge in [-0.25, -0.2) is 4.39 Å². The Morgan fingerprint density at radius 3 is 2.39 bits per heavy atom. The first-order valence-corrected chi connectivity index (χ1v) is 8.11. The smallest absolute Gasteiger partial charge is 0.278 e. The second kappa shape index (κ2) is 6.80. The largest absolute Gasteiger partial charge is 0.320 e. The standard InChI is InChI=1S/C20H15FOS/c1-14(22)15-5-4-6-16(13-15)19-7-2-3-8-20(19)23-18-11-9-17(21)10-12-18/h2-13H,1H3/p+1. The molecule has 0 aromatic heterocycles. The average Bonchev–Trinajstić information content (AvgIpc) is 2.57. The minimum absolute atomic E-state index is 0.232. The van der Waals surface area contributed by atoms with E-state index in [0.717, 1.165) is 26.5 Å². The van der Waals surface area contributed by atoms with Gasteiger partial charge in [-0.05, 0) is 53.6 Å². The van der Waals surface area contributed by atoms with Crippen LogP contribution in [0.1, 0.15) is 12.5 Å². The Hall–Kier alpha value is -2.39. The Morgan fingerprint density at radius 1 is 0.913 bits per heavy atom. The molecule has 1 N–H and O–H groups in total. The molecule has 0 fully saturated rings. The van der Waals surface area contributed by atoms with Crippen LogP contribution in [0.5, 0.6) is 0 Å². The van der Waals surface area contributed by atoms with Gasteiger partial charge in [-0.2, -0.15) is 0 Å². The second-order valence-corrected chi connectivity index (χ2v) is 6.33. The van der Waals surface area contributed by atoms with Crippen molar-refractivity contribution in [1.82, 2.24) is 0 Å². The lowest BCUT2D eigenvalue weighted by Crippen LogP contribution is -1.94. The Labute approximate surface area is 139 Å². The molecule has 0 radical (unpaired) electrons. The fourth-order valence-corrected chi connectivity index (χ4v) is 3.30. The molecule has 0 spiro atoms. The van der Waals surface area contributed by atoms with E-state index in [1.165, 1.54) is 12.1 Å². The van der Waals surface area contributed by atoms with Crippen molar-refractivity contribution in [3.05, 3.63) is 84.2 Å². The molecule has 0 heterocycles. The van der Waals surface area contributed by atoms with Gasteiger partial charge in [0, 0.05) is 9.79 Å². The Kier molecular flexibility index (Phi) is 4.58. The minimum atomic E-state index is -0.232. The van der Waals surface area contributed by atoms with Gasteiger partial charge in [-0.1, -0.05) is 42.1 Å². The van der Waals surface area contributed by atoms with Gasteiger partial charge in [0.05, 0.1) is 12.5 Å². The highest BCUT2D eigenvalue weighted by atomic mass is 32.2. The summed E-state index contributed by atoms with van der Waals surface area (Å²) in [7, 11) is 0. The maximum absolute atomic E-state index is 13.1. The maximum atomic E-state index is 13.1. The molecule has 0 bridgehead atoms. The number of benzene rings is 3. The maximum Gasteiger partial charge on any atom is 0.320 e. The van der Waals surface area contributed by atoms with Crippen molar-refractivity contribution in [1.29, 1.82) is 0 Å². The highest BCUT2D eigenvalue weighted by molar-refractivity contribution is 7.99. The van der Waals surface area contributed by atoms with Gasteiger partial charge in [0.2, 0.25) is 0 Å². The first-order valence-electron chi connectivity index (χ1n) is 7.29. The van der Waals surface area contributed by atoms with Gasteiger partial charge < -0.3 is 0 Å². The SMILES string of the molecule is CC(=[OH+])c1cccc(-c2ccccc2Sc2ccc(F)cc2)c1. The van der Waals surface area contributed by atoms with Crippen LogP contribution < -0.4 is 0 Å². The Bertz CT molecular complexity index is 840. The fourth-order valence-electron chi connectivity index (χ4n) is 2.34. The van der Waals surface area contributed by atoms with Gasteiger partial charge in [0.1, 0.15) is 5.82 Å². The summed E-state index contributed by atoms with van der Waals surface area (Å²) in [5.41, 5.74) is 2.94. The summed E-state index contributed by atoms with van der Waals surface area (Å²) in [6.45, 7) is 1.68. The zero-order valence-electron chi connectivity index (χ0n) is 12.7. The topological polar surface area (TPSA) is 21.4 Å². The summed E-state index contributed by atoms with van der Waals surface area (Å²) in [5, 5.41) is 0. The number of hydrogen-bond acceptors (Lipinski definition) is 1. The van der Waals surface area contributed by atoms with Crippen LogP contribution in [0.15, 0.2) is 82.6 Å². The van der Waals surface area contributed by atoms with Gasteiger partial charge in [-0.15, -0.1) is 0 Å². The quantitative estimate of drug-likeness (QED) is 0.455.